The first-order valence-corrected chi connectivity index (χ1v) is 5.96. The summed E-state index contributed by atoms with van der Waals surface area (Å²) in [5.41, 5.74) is 0.356. The number of hydrogen-bond acceptors (Lipinski definition) is 5. The first-order chi connectivity index (χ1) is 9.08. The molecule has 19 heavy (non-hydrogen) atoms. The molecule has 0 radical (unpaired) electrons. The summed E-state index contributed by atoms with van der Waals surface area (Å²) in [5.74, 6) is -0.586. The van der Waals surface area contributed by atoms with E-state index in [2.05, 4.69) is 0 Å². The number of alkyl halides is 1. The Morgan fingerprint density at radius 3 is 2.74 bits per heavy atom. The monoisotopic (exact) mass is 270 g/mol. The van der Waals surface area contributed by atoms with E-state index < -0.39 is 30.6 Å². The average molecular weight is 270 g/mol. The average Bonchev–Trinajstić information content (AvgIpc) is 2.42. The molecule has 0 aliphatic carbocycles. The number of esters is 1. The molecule has 3 unspecified atom stereocenters. The van der Waals surface area contributed by atoms with Crippen LogP contribution in [0.1, 0.15) is 16.8 Å². The van der Waals surface area contributed by atoms with Crippen molar-refractivity contribution in [2.24, 2.45) is 0 Å². The van der Waals surface area contributed by atoms with Gasteiger partial charge in [-0.05, 0) is 12.1 Å². The minimum atomic E-state index is -1.48. The van der Waals surface area contributed by atoms with Gasteiger partial charge in [-0.3, -0.25) is 0 Å². The number of carbonyl (C=O) groups excluding carboxylic acids is 1. The normalized spacial score (nSPS) is 30.9. The molecule has 2 N–H and O–H groups in total. The van der Waals surface area contributed by atoms with E-state index >= 15 is 0 Å². The second-order valence-electron chi connectivity index (χ2n) is 4.35. The van der Waals surface area contributed by atoms with Crippen LogP contribution in [0.2, 0.25) is 0 Å². The van der Waals surface area contributed by atoms with Gasteiger partial charge in [-0.2, -0.15) is 0 Å². The minimum absolute atomic E-state index is 0.241. The van der Waals surface area contributed by atoms with Gasteiger partial charge in [0.25, 0.3) is 0 Å². The highest BCUT2D eigenvalue weighted by Gasteiger charge is 2.37. The van der Waals surface area contributed by atoms with Crippen molar-refractivity contribution in [1.29, 1.82) is 0 Å². The predicted octanol–water partition coefficient (Wildman–Crippen LogP) is 0.650. The van der Waals surface area contributed by atoms with E-state index in [1.165, 1.54) is 0 Å². The van der Waals surface area contributed by atoms with Gasteiger partial charge in [-0.15, -0.1) is 0 Å². The molecule has 1 aliphatic rings. The molecule has 1 fully saturated rings. The molecule has 104 valence electrons. The highest BCUT2D eigenvalue weighted by molar-refractivity contribution is 5.89. The smallest absolute Gasteiger partial charge is 0.338 e. The van der Waals surface area contributed by atoms with Crippen LogP contribution >= 0.6 is 0 Å². The van der Waals surface area contributed by atoms with Gasteiger partial charge < -0.3 is 19.7 Å². The number of aliphatic hydroxyl groups is 2. The van der Waals surface area contributed by atoms with E-state index in [-0.39, 0.29) is 13.0 Å². The Balaban J connectivity index is 1.87. The summed E-state index contributed by atoms with van der Waals surface area (Å²) < 4.78 is 23.3. The summed E-state index contributed by atoms with van der Waals surface area (Å²) in [5, 5.41) is 18.5. The Morgan fingerprint density at radius 1 is 1.37 bits per heavy atom. The summed E-state index contributed by atoms with van der Waals surface area (Å²) in [7, 11) is 0. The lowest BCUT2D eigenvalue weighted by Gasteiger charge is -2.32. The Labute approximate surface area is 109 Å². The molecule has 0 spiro atoms. The van der Waals surface area contributed by atoms with Crippen molar-refractivity contribution in [3.63, 3.8) is 0 Å². The van der Waals surface area contributed by atoms with Crippen LogP contribution in [0.4, 0.5) is 4.39 Å². The lowest BCUT2D eigenvalue weighted by Crippen LogP contribution is -2.47. The molecule has 1 saturated heterocycles. The number of rotatable bonds is 3. The fourth-order valence-electron chi connectivity index (χ4n) is 1.81. The van der Waals surface area contributed by atoms with E-state index in [0.29, 0.717) is 5.56 Å². The molecule has 0 aromatic heterocycles. The summed E-state index contributed by atoms with van der Waals surface area (Å²) in [6.07, 6.45) is -5.49. The van der Waals surface area contributed by atoms with Crippen LogP contribution in [0.25, 0.3) is 0 Å². The highest BCUT2D eigenvalue weighted by Crippen LogP contribution is 2.22. The van der Waals surface area contributed by atoms with Crippen molar-refractivity contribution in [3.8, 4) is 0 Å². The second-order valence-corrected chi connectivity index (χ2v) is 4.35. The molecule has 5 nitrogen and oxygen atoms in total. The molecule has 1 aromatic rings. The standard InChI is InChI=1S/C13H15FO5/c14-9-6-10(15)13(17)19-11(9)7-18-12(16)8-4-2-1-3-5-8/h1-5,9-11,13,15,17H,6-7H2/t9-,10?,11?,13?/m1/s1. The Morgan fingerprint density at radius 2 is 2.05 bits per heavy atom. The summed E-state index contributed by atoms with van der Waals surface area (Å²) in [4.78, 5) is 11.6. The fourth-order valence-corrected chi connectivity index (χ4v) is 1.81. The third kappa shape index (κ3) is 3.50. The number of benzene rings is 1. The molecule has 1 aliphatic heterocycles. The lowest BCUT2D eigenvalue weighted by atomic mass is 10.0. The van der Waals surface area contributed by atoms with Crippen molar-refractivity contribution in [3.05, 3.63) is 35.9 Å². The second kappa shape index (κ2) is 6.10. The summed E-state index contributed by atoms with van der Waals surface area (Å²) >= 11 is 0. The SMILES string of the molecule is O=C(OCC1OC(O)C(O)C[C@H]1F)c1ccccc1. The van der Waals surface area contributed by atoms with Crippen LogP contribution in [0.5, 0.6) is 0 Å². The van der Waals surface area contributed by atoms with Gasteiger partial charge in [0.1, 0.15) is 25.0 Å². The van der Waals surface area contributed by atoms with Gasteiger partial charge in [0.05, 0.1) is 5.56 Å². The van der Waals surface area contributed by atoms with Gasteiger partial charge >= 0.3 is 5.97 Å². The largest absolute Gasteiger partial charge is 0.459 e. The molecule has 6 heteroatoms. The minimum Gasteiger partial charge on any atom is -0.459 e. The Bertz CT molecular complexity index is 424. The molecule has 2 rings (SSSR count). The third-order valence-electron chi connectivity index (χ3n) is 2.90. The molecule has 0 bridgehead atoms. The number of carbonyl (C=O) groups is 1. The maximum Gasteiger partial charge on any atom is 0.338 e. The van der Waals surface area contributed by atoms with Crippen molar-refractivity contribution >= 4 is 5.97 Å². The van der Waals surface area contributed by atoms with E-state index in [0.717, 1.165) is 0 Å². The number of hydrogen-bond donors (Lipinski definition) is 2. The van der Waals surface area contributed by atoms with Crippen molar-refractivity contribution in [1.82, 2.24) is 0 Å². The van der Waals surface area contributed by atoms with Gasteiger partial charge in [0.2, 0.25) is 0 Å². The molecule has 4 atom stereocenters. The van der Waals surface area contributed by atoms with Gasteiger partial charge in [-0.1, -0.05) is 18.2 Å². The summed E-state index contributed by atoms with van der Waals surface area (Å²) in [6, 6.07) is 8.29. The van der Waals surface area contributed by atoms with Crippen LogP contribution in [-0.4, -0.2) is 47.5 Å². The predicted molar refractivity (Wildman–Crippen MR) is 63.1 cm³/mol. The van der Waals surface area contributed by atoms with Crippen LogP contribution in [0.15, 0.2) is 30.3 Å². The molecule has 1 heterocycles. The topological polar surface area (TPSA) is 76.0 Å². The number of aliphatic hydroxyl groups excluding tert-OH is 2. The quantitative estimate of drug-likeness (QED) is 0.789. The van der Waals surface area contributed by atoms with E-state index in [1.54, 1.807) is 30.3 Å². The highest BCUT2D eigenvalue weighted by atomic mass is 19.1. The molecular formula is C13H15FO5. The molecule has 0 saturated carbocycles. The third-order valence-corrected chi connectivity index (χ3v) is 2.90. The molecule has 0 amide bonds. The van der Waals surface area contributed by atoms with Crippen LogP contribution in [0.3, 0.4) is 0 Å². The maximum absolute atomic E-state index is 13.5. The van der Waals surface area contributed by atoms with E-state index in [1.807, 2.05) is 0 Å². The van der Waals surface area contributed by atoms with E-state index in [4.69, 9.17) is 9.47 Å². The lowest BCUT2D eigenvalue weighted by molar-refractivity contribution is -0.240. The number of ether oxygens (including phenoxy) is 2. The molecular weight excluding hydrogens is 255 g/mol. The zero-order valence-electron chi connectivity index (χ0n) is 10.1. The zero-order valence-corrected chi connectivity index (χ0v) is 10.1. The summed E-state index contributed by atoms with van der Waals surface area (Å²) in [6.45, 7) is -0.307. The first-order valence-electron chi connectivity index (χ1n) is 5.96. The van der Waals surface area contributed by atoms with Crippen molar-refractivity contribution < 1.29 is 28.9 Å². The van der Waals surface area contributed by atoms with Gasteiger partial charge in [0.15, 0.2) is 6.29 Å². The van der Waals surface area contributed by atoms with Gasteiger partial charge in [-0.25, -0.2) is 9.18 Å². The molecule has 1 aromatic carbocycles. The van der Waals surface area contributed by atoms with Crippen molar-refractivity contribution in [2.75, 3.05) is 6.61 Å². The van der Waals surface area contributed by atoms with Gasteiger partial charge in [0, 0.05) is 6.42 Å². The zero-order chi connectivity index (χ0) is 13.8. The number of halogens is 1. The Kier molecular flexibility index (Phi) is 4.47. The fraction of sp³-hybridized carbons (Fsp3) is 0.462. The van der Waals surface area contributed by atoms with Crippen LogP contribution in [0, 0.1) is 0 Å². The van der Waals surface area contributed by atoms with Crippen LogP contribution in [-0.2, 0) is 9.47 Å². The van der Waals surface area contributed by atoms with Crippen molar-refractivity contribution in [2.45, 2.75) is 31.1 Å². The van der Waals surface area contributed by atoms with E-state index in [9.17, 15) is 19.4 Å². The first kappa shape index (κ1) is 13.9. The van der Waals surface area contributed by atoms with Crippen LogP contribution < -0.4 is 0 Å². The Hall–Kier alpha value is -1.50. The maximum atomic E-state index is 13.5.